The van der Waals surface area contributed by atoms with Gasteiger partial charge in [0, 0.05) is 5.69 Å². The second-order valence-electron chi connectivity index (χ2n) is 3.22. The molecular weight excluding hydrogens is 164 g/mol. The second kappa shape index (κ2) is 4.94. The fourth-order valence-corrected chi connectivity index (χ4v) is 1.06. The summed E-state index contributed by atoms with van der Waals surface area (Å²) in [7, 11) is 0. The Morgan fingerprint density at radius 1 is 1.46 bits per heavy atom. The number of nitrogens with zero attached hydrogens (tertiary/aromatic N) is 1. The Balaban J connectivity index is 2.68. The lowest BCUT2D eigenvalue weighted by molar-refractivity contribution is 0.124. The highest BCUT2D eigenvalue weighted by molar-refractivity contribution is 5.13. The smallest absolute Gasteiger partial charge is 0.0945 e. The van der Waals surface area contributed by atoms with Crippen molar-refractivity contribution in [1.82, 2.24) is 4.98 Å². The number of hydrogen-bond donors (Lipinski definition) is 1. The molecule has 0 aromatic carbocycles. The molecule has 0 amide bonds. The molecule has 0 aliphatic rings. The Morgan fingerprint density at radius 2 is 2.23 bits per heavy atom. The van der Waals surface area contributed by atoms with Crippen LogP contribution in [0.5, 0.6) is 0 Å². The Bertz CT molecular complexity index is 261. The van der Waals surface area contributed by atoms with E-state index >= 15 is 0 Å². The standard InChI is InChI=1S/C10H16N2O/c1-8(2)10-5-3-4-9(12-10)6-13-7-11/h3-5,8H,6-7,11H2,1-2H3. The molecule has 0 spiro atoms. The molecule has 1 heterocycles. The van der Waals surface area contributed by atoms with E-state index in [1.165, 1.54) is 0 Å². The van der Waals surface area contributed by atoms with Gasteiger partial charge in [-0.1, -0.05) is 19.9 Å². The molecular formula is C10H16N2O. The molecule has 0 radical (unpaired) electrons. The lowest BCUT2D eigenvalue weighted by atomic mass is 10.1. The molecule has 3 nitrogen and oxygen atoms in total. The molecule has 0 fully saturated rings. The average molecular weight is 180 g/mol. The van der Waals surface area contributed by atoms with Gasteiger partial charge in [-0.15, -0.1) is 0 Å². The molecule has 0 bridgehead atoms. The Labute approximate surface area is 78.9 Å². The first-order valence-corrected chi connectivity index (χ1v) is 4.47. The van der Waals surface area contributed by atoms with Crippen molar-refractivity contribution >= 4 is 0 Å². The van der Waals surface area contributed by atoms with E-state index in [1.54, 1.807) is 0 Å². The topological polar surface area (TPSA) is 48.1 Å². The first-order chi connectivity index (χ1) is 6.24. The van der Waals surface area contributed by atoms with Crippen LogP contribution < -0.4 is 5.73 Å². The largest absolute Gasteiger partial charge is 0.360 e. The molecule has 2 N–H and O–H groups in total. The first kappa shape index (κ1) is 10.2. The fourth-order valence-electron chi connectivity index (χ4n) is 1.06. The third kappa shape index (κ3) is 3.13. The van der Waals surface area contributed by atoms with Gasteiger partial charge in [0.25, 0.3) is 0 Å². The maximum atomic E-state index is 5.22. The van der Waals surface area contributed by atoms with E-state index in [2.05, 4.69) is 18.8 Å². The molecule has 1 aromatic rings. The molecule has 72 valence electrons. The Hall–Kier alpha value is -0.930. The highest BCUT2D eigenvalue weighted by Gasteiger charge is 2.01. The summed E-state index contributed by atoms with van der Waals surface area (Å²) < 4.78 is 5.07. The van der Waals surface area contributed by atoms with Crippen LogP contribution in [0.25, 0.3) is 0 Å². The van der Waals surface area contributed by atoms with Crippen molar-refractivity contribution in [3.8, 4) is 0 Å². The van der Waals surface area contributed by atoms with Gasteiger partial charge in [0.1, 0.15) is 0 Å². The van der Waals surface area contributed by atoms with Crippen molar-refractivity contribution in [3.05, 3.63) is 29.6 Å². The summed E-state index contributed by atoms with van der Waals surface area (Å²) >= 11 is 0. The quantitative estimate of drug-likeness (QED) is 0.716. The summed E-state index contributed by atoms with van der Waals surface area (Å²) in [6, 6.07) is 5.97. The fraction of sp³-hybridized carbons (Fsp3) is 0.500. The lowest BCUT2D eigenvalue weighted by Crippen LogP contribution is -2.06. The van der Waals surface area contributed by atoms with Gasteiger partial charge < -0.3 is 10.5 Å². The van der Waals surface area contributed by atoms with Crippen LogP contribution in [0.3, 0.4) is 0 Å². The van der Waals surface area contributed by atoms with Crippen LogP contribution in [0.15, 0.2) is 18.2 Å². The molecule has 0 saturated heterocycles. The first-order valence-electron chi connectivity index (χ1n) is 4.47. The van der Waals surface area contributed by atoms with Gasteiger partial charge >= 0.3 is 0 Å². The van der Waals surface area contributed by atoms with Crippen LogP contribution in [0.2, 0.25) is 0 Å². The normalized spacial score (nSPS) is 10.8. The average Bonchev–Trinajstić information content (AvgIpc) is 2.15. The molecule has 3 heteroatoms. The van der Waals surface area contributed by atoms with E-state index in [4.69, 9.17) is 10.5 Å². The number of hydrogen-bond acceptors (Lipinski definition) is 3. The van der Waals surface area contributed by atoms with Crippen molar-refractivity contribution < 1.29 is 4.74 Å². The van der Waals surface area contributed by atoms with Crippen molar-refractivity contribution in [2.45, 2.75) is 26.4 Å². The summed E-state index contributed by atoms with van der Waals surface area (Å²) in [5, 5.41) is 0. The Kier molecular flexibility index (Phi) is 3.86. The molecule has 0 unspecified atom stereocenters. The second-order valence-corrected chi connectivity index (χ2v) is 3.22. The molecule has 1 aromatic heterocycles. The van der Waals surface area contributed by atoms with Gasteiger partial charge in [0.05, 0.1) is 19.0 Å². The predicted molar refractivity (Wildman–Crippen MR) is 52.2 cm³/mol. The van der Waals surface area contributed by atoms with E-state index in [0.29, 0.717) is 12.5 Å². The molecule has 1 rings (SSSR count). The zero-order chi connectivity index (χ0) is 9.68. The number of nitrogens with two attached hydrogens (primary N) is 1. The zero-order valence-corrected chi connectivity index (χ0v) is 8.16. The van der Waals surface area contributed by atoms with Crippen molar-refractivity contribution in [2.75, 3.05) is 6.73 Å². The van der Waals surface area contributed by atoms with E-state index in [0.717, 1.165) is 11.4 Å². The summed E-state index contributed by atoms with van der Waals surface area (Å²) in [6.07, 6.45) is 0. The molecule has 0 aliphatic heterocycles. The summed E-state index contributed by atoms with van der Waals surface area (Å²) in [5.74, 6) is 0.456. The SMILES string of the molecule is CC(C)c1cccc(COCN)n1. The summed E-state index contributed by atoms with van der Waals surface area (Å²) in [6.45, 7) is 4.98. The highest BCUT2D eigenvalue weighted by Crippen LogP contribution is 2.11. The number of pyridine rings is 1. The molecule has 13 heavy (non-hydrogen) atoms. The van der Waals surface area contributed by atoms with Crippen LogP contribution in [0.1, 0.15) is 31.2 Å². The van der Waals surface area contributed by atoms with E-state index in [-0.39, 0.29) is 6.73 Å². The number of rotatable bonds is 4. The predicted octanol–water partition coefficient (Wildman–Crippen LogP) is 1.64. The van der Waals surface area contributed by atoms with E-state index in [9.17, 15) is 0 Å². The van der Waals surface area contributed by atoms with Gasteiger partial charge in [-0.2, -0.15) is 0 Å². The molecule has 0 saturated carbocycles. The van der Waals surface area contributed by atoms with Crippen LogP contribution in [0, 0.1) is 0 Å². The Morgan fingerprint density at radius 3 is 2.85 bits per heavy atom. The minimum atomic E-state index is 0.244. The van der Waals surface area contributed by atoms with Gasteiger partial charge in [0.2, 0.25) is 0 Å². The van der Waals surface area contributed by atoms with Crippen LogP contribution in [0.4, 0.5) is 0 Å². The van der Waals surface area contributed by atoms with Crippen LogP contribution >= 0.6 is 0 Å². The van der Waals surface area contributed by atoms with Crippen molar-refractivity contribution in [2.24, 2.45) is 5.73 Å². The maximum Gasteiger partial charge on any atom is 0.0945 e. The third-order valence-corrected chi connectivity index (χ3v) is 1.79. The van der Waals surface area contributed by atoms with Gasteiger partial charge in [-0.25, -0.2) is 0 Å². The van der Waals surface area contributed by atoms with Gasteiger partial charge in [-0.05, 0) is 18.1 Å². The van der Waals surface area contributed by atoms with E-state index < -0.39 is 0 Å². The summed E-state index contributed by atoms with van der Waals surface area (Å²) in [4.78, 5) is 4.43. The lowest BCUT2D eigenvalue weighted by Gasteiger charge is -2.06. The summed E-state index contributed by atoms with van der Waals surface area (Å²) in [5.41, 5.74) is 7.26. The third-order valence-electron chi connectivity index (χ3n) is 1.79. The van der Waals surface area contributed by atoms with Crippen molar-refractivity contribution in [1.29, 1.82) is 0 Å². The van der Waals surface area contributed by atoms with Gasteiger partial charge in [0.15, 0.2) is 0 Å². The van der Waals surface area contributed by atoms with Crippen LogP contribution in [-0.4, -0.2) is 11.7 Å². The van der Waals surface area contributed by atoms with Gasteiger partial charge in [-0.3, -0.25) is 4.98 Å². The monoisotopic (exact) mass is 180 g/mol. The minimum absolute atomic E-state index is 0.244. The van der Waals surface area contributed by atoms with Crippen LogP contribution in [-0.2, 0) is 11.3 Å². The number of aromatic nitrogens is 1. The zero-order valence-electron chi connectivity index (χ0n) is 8.16. The molecule has 0 aliphatic carbocycles. The maximum absolute atomic E-state index is 5.22. The van der Waals surface area contributed by atoms with E-state index in [1.807, 2.05) is 18.2 Å². The van der Waals surface area contributed by atoms with Crippen molar-refractivity contribution in [3.63, 3.8) is 0 Å². The minimum Gasteiger partial charge on any atom is -0.360 e. The molecule has 0 atom stereocenters. The number of ether oxygens (including phenoxy) is 1. The highest BCUT2D eigenvalue weighted by atomic mass is 16.5.